The topological polar surface area (TPSA) is 66.4 Å². The van der Waals surface area contributed by atoms with Gasteiger partial charge in [-0.05, 0) is 30.6 Å². The predicted octanol–water partition coefficient (Wildman–Crippen LogP) is 2.38. The molecule has 1 amide bonds. The van der Waals surface area contributed by atoms with E-state index in [1.54, 1.807) is 0 Å². The van der Waals surface area contributed by atoms with Gasteiger partial charge in [0.25, 0.3) is 0 Å². The molecule has 0 aliphatic heterocycles. The van der Waals surface area contributed by atoms with Gasteiger partial charge >= 0.3 is 5.97 Å². The van der Waals surface area contributed by atoms with Gasteiger partial charge in [0.15, 0.2) is 0 Å². The normalized spacial score (nSPS) is 12.0. The maximum Gasteiger partial charge on any atom is 0.326 e. The number of hydrogen-bond donors (Lipinski definition) is 2. The third-order valence-electron chi connectivity index (χ3n) is 2.50. The lowest BCUT2D eigenvalue weighted by molar-refractivity contribution is -0.141. The van der Waals surface area contributed by atoms with Crippen molar-refractivity contribution < 1.29 is 23.5 Å². The Kier molecular flexibility index (Phi) is 7.52. The van der Waals surface area contributed by atoms with Gasteiger partial charge in [-0.3, -0.25) is 4.79 Å². The quantitative estimate of drug-likeness (QED) is 0.714. The lowest BCUT2D eigenvalue weighted by Gasteiger charge is -2.13. The second-order valence-electron chi connectivity index (χ2n) is 4.10. The number of carbonyl (C=O) groups excluding carboxylic acids is 1. The zero-order valence-electron chi connectivity index (χ0n) is 11.3. The van der Waals surface area contributed by atoms with Gasteiger partial charge < -0.3 is 10.4 Å². The average molecular weight is 335 g/mol. The Labute approximate surface area is 129 Å². The second kappa shape index (κ2) is 8.89. The van der Waals surface area contributed by atoms with E-state index in [4.69, 9.17) is 5.11 Å². The summed E-state index contributed by atoms with van der Waals surface area (Å²) >= 11 is 2.37. The highest BCUT2D eigenvalue weighted by Crippen LogP contribution is 2.22. The third kappa shape index (κ3) is 6.34. The summed E-state index contributed by atoms with van der Waals surface area (Å²) in [5.41, 5.74) is 0. The summed E-state index contributed by atoms with van der Waals surface area (Å²) in [6.07, 6.45) is 2.16. The van der Waals surface area contributed by atoms with Gasteiger partial charge in [-0.2, -0.15) is 11.8 Å². The third-order valence-corrected chi connectivity index (χ3v) is 4.19. The van der Waals surface area contributed by atoms with E-state index in [2.05, 4.69) is 5.32 Å². The molecule has 21 heavy (non-hydrogen) atoms. The fourth-order valence-corrected chi connectivity index (χ4v) is 2.67. The van der Waals surface area contributed by atoms with E-state index in [0.717, 1.165) is 23.9 Å². The molecule has 0 radical (unpaired) electrons. The molecule has 116 valence electrons. The van der Waals surface area contributed by atoms with E-state index in [1.807, 2.05) is 6.26 Å². The largest absolute Gasteiger partial charge is 0.480 e. The highest BCUT2D eigenvalue weighted by atomic mass is 32.2. The van der Waals surface area contributed by atoms with Gasteiger partial charge in [0.1, 0.15) is 17.7 Å². The molecule has 8 heteroatoms. The minimum Gasteiger partial charge on any atom is -0.480 e. The van der Waals surface area contributed by atoms with Gasteiger partial charge in [0, 0.05) is 11.0 Å². The summed E-state index contributed by atoms with van der Waals surface area (Å²) in [6.45, 7) is 0. The van der Waals surface area contributed by atoms with Crippen LogP contribution in [0.2, 0.25) is 0 Å². The Hall–Kier alpha value is -1.28. The molecule has 0 spiro atoms. The molecule has 0 fully saturated rings. The van der Waals surface area contributed by atoms with Gasteiger partial charge in [-0.15, -0.1) is 11.8 Å². The number of carbonyl (C=O) groups is 2. The molecule has 0 saturated heterocycles. The van der Waals surface area contributed by atoms with Crippen molar-refractivity contribution in [3.8, 4) is 0 Å². The first-order valence-electron chi connectivity index (χ1n) is 6.03. The van der Waals surface area contributed by atoms with E-state index in [0.29, 0.717) is 12.2 Å². The number of nitrogens with one attached hydrogen (secondary N) is 1. The van der Waals surface area contributed by atoms with Gasteiger partial charge in [0.05, 0.1) is 5.75 Å². The van der Waals surface area contributed by atoms with Crippen LogP contribution in [-0.4, -0.2) is 40.8 Å². The van der Waals surface area contributed by atoms with Crippen LogP contribution in [0.15, 0.2) is 23.1 Å². The lowest BCUT2D eigenvalue weighted by atomic mass is 10.2. The zero-order valence-corrected chi connectivity index (χ0v) is 12.9. The van der Waals surface area contributed by atoms with Crippen molar-refractivity contribution >= 4 is 35.4 Å². The van der Waals surface area contributed by atoms with E-state index < -0.39 is 29.6 Å². The standard InChI is InChI=1S/C13H15F2NO3S2/c1-20-5-4-10(13(18)19)16-12(17)7-21-11-3-2-8(14)6-9(11)15/h2-3,6,10H,4-5,7H2,1H3,(H,16,17)(H,18,19)/t10-/m1/s1. The average Bonchev–Trinajstić information content (AvgIpc) is 2.42. The van der Waals surface area contributed by atoms with Crippen LogP contribution in [-0.2, 0) is 9.59 Å². The summed E-state index contributed by atoms with van der Waals surface area (Å²) in [5, 5.41) is 11.4. The highest BCUT2D eigenvalue weighted by Gasteiger charge is 2.19. The molecule has 4 nitrogen and oxygen atoms in total. The smallest absolute Gasteiger partial charge is 0.326 e. The Morgan fingerprint density at radius 3 is 2.67 bits per heavy atom. The zero-order chi connectivity index (χ0) is 15.8. The molecule has 1 rings (SSSR count). The molecule has 0 unspecified atom stereocenters. The van der Waals surface area contributed by atoms with Crippen molar-refractivity contribution in [3.05, 3.63) is 29.8 Å². The first kappa shape index (κ1) is 17.8. The molecule has 1 atom stereocenters. The highest BCUT2D eigenvalue weighted by molar-refractivity contribution is 8.00. The van der Waals surface area contributed by atoms with Crippen molar-refractivity contribution in [1.29, 1.82) is 0 Å². The number of rotatable bonds is 8. The van der Waals surface area contributed by atoms with Crippen LogP contribution < -0.4 is 5.32 Å². The van der Waals surface area contributed by atoms with Crippen LogP contribution in [0.4, 0.5) is 8.78 Å². The molecule has 0 saturated carbocycles. The molecule has 1 aromatic rings. The lowest BCUT2D eigenvalue weighted by Crippen LogP contribution is -2.42. The van der Waals surface area contributed by atoms with Gasteiger partial charge in [-0.1, -0.05) is 0 Å². The predicted molar refractivity (Wildman–Crippen MR) is 79.6 cm³/mol. The molecular formula is C13H15F2NO3S2. The Balaban J connectivity index is 2.50. The van der Waals surface area contributed by atoms with Crippen LogP contribution in [0.25, 0.3) is 0 Å². The molecular weight excluding hydrogens is 320 g/mol. The number of amides is 1. The number of carboxylic acid groups (broad SMARTS) is 1. The molecule has 0 bridgehead atoms. The van der Waals surface area contributed by atoms with Crippen molar-refractivity contribution in [2.75, 3.05) is 17.8 Å². The molecule has 0 aliphatic carbocycles. The van der Waals surface area contributed by atoms with Crippen LogP contribution >= 0.6 is 23.5 Å². The van der Waals surface area contributed by atoms with E-state index >= 15 is 0 Å². The first-order chi connectivity index (χ1) is 9.93. The van der Waals surface area contributed by atoms with Crippen LogP contribution in [0.3, 0.4) is 0 Å². The van der Waals surface area contributed by atoms with Crippen LogP contribution in [0.5, 0.6) is 0 Å². The monoisotopic (exact) mass is 335 g/mol. The van der Waals surface area contributed by atoms with Gasteiger partial charge in [0.2, 0.25) is 5.91 Å². The summed E-state index contributed by atoms with van der Waals surface area (Å²) < 4.78 is 26.1. The van der Waals surface area contributed by atoms with Crippen LogP contribution in [0.1, 0.15) is 6.42 Å². The number of aliphatic carboxylic acids is 1. The second-order valence-corrected chi connectivity index (χ2v) is 6.11. The summed E-state index contributed by atoms with van der Waals surface area (Å²) in [5.74, 6) is -2.57. The van der Waals surface area contributed by atoms with E-state index in [-0.39, 0.29) is 10.6 Å². The van der Waals surface area contributed by atoms with Gasteiger partial charge in [-0.25, -0.2) is 13.6 Å². The fraction of sp³-hybridized carbons (Fsp3) is 0.385. The fourth-order valence-electron chi connectivity index (χ4n) is 1.46. The minimum absolute atomic E-state index is 0.133. The number of benzene rings is 1. The number of hydrogen-bond acceptors (Lipinski definition) is 4. The summed E-state index contributed by atoms with van der Waals surface area (Å²) in [7, 11) is 0. The number of thioether (sulfide) groups is 2. The first-order valence-corrected chi connectivity index (χ1v) is 8.41. The maximum absolute atomic E-state index is 13.4. The van der Waals surface area contributed by atoms with E-state index in [9.17, 15) is 18.4 Å². The van der Waals surface area contributed by atoms with Crippen molar-refractivity contribution in [1.82, 2.24) is 5.32 Å². The summed E-state index contributed by atoms with van der Waals surface area (Å²) in [6, 6.07) is 2.12. The maximum atomic E-state index is 13.4. The van der Waals surface area contributed by atoms with Crippen molar-refractivity contribution in [3.63, 3.8) is 0 Å². The molecule has 1 aromatic carbocycles. The number of carboxylic acids is 1. The Morgan fingerprint density at radius 1 is 1.38 bits per heavy atom. The molecule has 2 N–H and O–H groups in total. The van der Waals surface area contributed by atoms with Crippen molar-refractivity contribution in [2.45, 2.75) is 17.4 Å². The SMILES string of the molecule is CSCC[C@@H](NC(=O)CSc1ccc(F)cc1F)C(=O)O. The molecule has 0 aliphatic rings. The van der Waals surface area contributed by atoms with E-state index in [1.165, 1.54) is 17.8 Å². The molecule has 0 aromatic heterocycles. The Bertz CT molecular complexity index is 514. The van der Waals surface area contributed by atoms with Crippen LogP contribution in [0, 0.1) is 11.6 Å². The Morgan fingerprint density at radius 2 is 2.10 bits per heavy atom. The molecule has 0 heterocycles. The summed E-state index contributed by atoms with van der Waals surface area (Å²) in [4.78, 5) is 22.8. The van der Waals surface area contributed by atoms with Crippen molar-refractivity contribution in [2.24, 2.45) is 0 Å². The number of halogens is 2. The minimum atomic E-state index is -1.10.